The highest BCUT2D eigenvalue weighted by molar-refractivity contribution is 6.23. The number of nitrogens with one attached hydrogen (secondary N) is 1. The lowest BCUT2D eigenvalue weighted by molar-refractivity contribution is -0.194. The van der Waals surface area contributed by atoms with Crippen LogP contribution in [0.25, 0.3) is 10.8 Å². The van der Waals surface area contributed by atoms with Crippen molar-refractivity contribution in [1.82, 2.24) is 9.91 Å². The zero-order chi connectivity index (χ0) is 47.0. The Morgan fingerprint density at radius 1 is 0.938 bits per heavy atom. The summed E-state index contributed by atoms with van der Waals surface area (Å²) in [5.74, 6) is -8.67. The minimum atomic E-state index is -2.14. The lowest BCUT2D eigenvalue weighted by Gasteiger charge is -2.42. The summed E-state index contributed by atoms with van der Waals surface area (Å²) in [5, 5.41) is 79.5. The van der Waals surface area contributed by atoms with E-state index in [1.54, 1.807) is 32.9 Å². The second-order valence-corrected chi connectivity index (χ2v) is 18.1. The highest BCUT2D eigenvalue weighted by Gasteiger charge is 2.51. The molecule has 1 saturated carbocycles. The molecule has 2 fully saturated rings. The van der Waals surface area contributed by atoms with Crippen molar-refractivity contribution >= 4 is 40.3 Å². The number of aliphatic hydroxyl groups excluding tert-OH is 2. The summed E-state index contributed by atoms with van der Waals surface area (Å²) >= 11 is 0. The number of methoxy groups -OCH3 is 1. The second kappa shape index (κ2) is 19.1. The number of phenols is 3. The van der Waals surface area contributed by atoms with Crippen LogP contribution >= 0.6 is 0 Å². The van der Waals surface area contributed by atoms with Crippen LogP contribution in [0.2, 0.25) is 0 Å². The number of hydrogen-bond donors (Lipinski definition) is 7. The van der Waals surface area contributed by atoms with Crippen molar-refractivity contribution in [2.24, 2.45) is 22.9 Å². The molecular formula is C47H64N4O13. The van der Waals surface area contributed by atoms with Gasteiger partial charge in [0.05, 0.1) is 46.9 Å². The molecular weight excluding hydrogens is 829 g/mol. The summed E-state index contributed by atoms with van der Waals surface area (Å²) in [6, 6.07) is 0.541. The smallest absolute Gasteiger partial charge is 0.312 e. The molecule has 5 aliphatic rings. The minimum absolute atomic E-state index is 0.0208. The number of amides is 1. The Bertz CT molecular complexity index is 2240. The highest BCUT2D eigenvalue weighted by atomic mass is 16.7. The van der Waals surface area contributed by atoms with E-state index in [0.29, 0.717) is 19.1 Å². The van der Waals surface area contributed by atoms with Gasteiger partial charge in [0.25, 0.3) is 11.7 Å². The van der Waals surface area contributed by atoms with E-state index < -0.39 is 88.5 Å². The van der Waals surface area contributed by atoms with Crippen molar-refractivity contribution in [3.8, 4) is 23.0 Å². The Labute approximate surface area is 373 Å². The number of benzene rings is 2. The number of carbonyl (C=O) groups is 3. The van der Waals surface area contributed by atoms with Crippen molar-refractivity contribution in [2.75, 3.05) is 38.6 Å². The summed E-state index contributed by atoms with van der Waals surface area (Å²) in [4.78, 5) is 43.3. The van der Waals surface area contributed by atoms with Crippen molar-refractivity contribution in [3.63, 3.8) is 0 Å². The number of aromatic hydroxyl groups is 3. The number of anilines is 1. The SMILES string of the molecule is CO[C@H]1/C=C/O[C@@]2(C)Oc3c(C)c(O)c4c(O)c(c(/C=N/N5CCN(C6CCCC6)CC5)c(O)c4c3C2=O)NC(=O)/C(C)=C\C=C\[C@H](C)[C@H](O)[C@@H](C)[C@@H](O)[C@@H](C)[C@H](OC(C)=O)C1(C)O. The number of ketones is 1. The maximum Gasteiger partial charge on any atom is 0.312 e. The Kier molecular flexibility index (Phi) is 14.4. The fourth-order valence-corrected chi connectivity index (χ4v) is 9.52. The Hall–Kier alpha value is -5.20. The van der Waals surface area contributed by atoms with E-state index in [1.165, 1.54) is 66.0 Å². The van der Waals surface area contributed by atoms with Gasteiger partial charge in [-0.25, -0.2) is 0 Å². The number of ether oxygens (including phenoxy) is 4. The molecule has 4 aliphatic heterocycles. The van der Waals surface area contributed by atoms with Gasteiger partial charge in [0, 0.05) is 87.5 Å². The third-order valence-corrected chi connectivity index (χ3v) is 13.5. The lowest BCUT2D eigenvalue weighted by Crippen LogP contribution is -2.57. The van der Waals surface area contributed by atoms with E-state index in [4.69, 9.17) is 18.9 Å². The summed E-state index contributed by atoms with van der Waals surface area (Å²) in [6.07, 6.45) is 7.90. The zero-order valence-electron chi connectivity index (χ0n) is 38.1. The van der Waals surface area contributed by atoms with Gasteiger partial charge in [0.1, 0.15) is 35.1 Å². The molecule has 1 aliphatic carbocycles. The predicted molar refractivity (Wildman–Crippen MR) is 238 cm³/mol. The number of aliphatic hydroxyl groups is 3. The van der Waals surface area contributed by atoms with E-state index in [2.05, 4.69) is 15.3 Å². The molecule has 7 N–H and O–H groups in total. The number of phenolic OH excluding ortho intramolecular Hbond substituents is 3. The standard InChI is InChI=1S/C47H64N4O13/c1-24-13-12-14-25(2)45(59)49-36-31(23-48-51-20-18-50(19-21-51)30-15-10-11-16-30)40(56)33-34(41(36)57)39(55)27(4)42-35(33)43(58)47(8,64-42)62-22-17-32(61-9)46(7,60)44(63-29(6)52)28(5)38(54)26(3)37(24)53/h12-14,17,22-24,26,28,30,32,37-38,44,53-57,60H,10-11,15-16,18-21H2,1-9H3,(H,49,59)/b13-12+,22-17+,25-14-,48-23+/t24-,26+,28+,32-,37-,38+,44-,46?,47-/m0/s1. The minimum Gasteiger partial charge on any atom is -0.507 e. The van der Waals surface area contributed by atoms with Crippen LogP contribution in [0.4, 0.5) is 5.69 Å². The summed E-state index contributed by atoms with van der Waals surface area (Å²) in [7, 11) is 1.29. The molecule has 64 heavy (non-hydrogen) atoms. The Morgan fingerprint density at radius 2 is 1.59 bits per heavy atom. The second-order valence-electron chi connectivity index (χ2n) is 18.1. The first kappa shape index (κ1) is 48.3. The predicted octanol–water partition coefficient (Wildman–Crippen LogP) is 4.76. The van der Waals surface area contributed by atoms with Crippen LogP contribution in [0.3, 0.4) is 0 Å². The topological polar surface area (TPSA) is 240 Å². The number of hydrazone groups is 1. The van der Waals surface area contributed by atoms with Gasteiger partial charge in [0.2, 0.25) is 0 Å². The molecule has 2 aromatic carbocycles. The van der Waals surface area contributed by atoms with Crippen LogP contribution in [0.1, 0.15) is 95.6 Å². The van der Waals surface area contributed by atoms with E-state index in [-0.39, 0.29) is 44.5 Å². The van der Waals surface area contributed by atoms with Crippen LogP contribution in [0.15, 0.2) is 41.2 Å². The normalized spacial score (nSPS) is 33.2. The molecule has 9 atom stereocenters. The van der Waals surface area contributed by atoms with Crippen LogP contribution in [0, 0.1) is 24.7 Å². The zero-order valence-corrected chi connectivity index (χ0v) is 38.1. The number of carbonyl (C=O) groups excluding carboxylic acids is 3. The quantitative estimate of drug-likeness (QED) is 0.0927. The average molecular weight is 893 g/mol. The van der Waals surface area contributed by atoms with E-state index in [9.17, 15) is 45.0 Å². The summed E-state index contributed by atoms with van der Waals surface area (Å²) < 4.78 is 23.3. The summed E-state index contributed by atoms with van der Waals surface area (Å²) in [5.41, 5.74) is -2.51. The van der Waals surface area contributed by atoms with Crippen molar-refractivity contribution in [1.29, 1.82) is 0 Å². The van der Waals surface area contributed by atoms with Crippen molar-refractivity contribution in [2.45, 2.75) is 123 Å². The highest BCUT2D eigenvalue weighted by Crippen LogP contribution is 2.55. The number of Topliss-reactive ketones (excluding diaryl/α,β-unsaturated/α-hetero) is 1. The van der Waals surface area contributed by atoms with Crippen LogP contribution in [0.5, 0.6) is 23.0 Å². The number of piperazine rings is 1. The van der Waals surface area contributed by atoms with Crippen molar-refractivity contribution in [3.05, 3.63) is 52.8 Å². The summed E-state index contributed by atoms with van der Waals surface area (Å²) in [6.45, 7) is 14.4. The number of hydrogen-bond acceptors (Lipinski definition) is 16. The van der Waals surface area contributed by atoms with Crippen LogP contribution in [-0.2, 0) is 23.8 Å². The molecule has 0 radical (unpaired) electrons. The first-order valence-corrected chi connectivity index (χ1v) is 22.0. The van der Waals surface area contributed by atoms with Gasteiger partial charge >= 0.3 is 11.8 Å². The lowest BCUT2D eigenvalue weighted by atomic mass is 9.76. The molecule has 17 nitrogen and oxygen atoms in total. The molecule has 0 aromatic heterocycles. The monoisotopic (exact) mass is 892 g/mol. The third-order valence-electron chi connectivity index (χ3n) is 13.5. The van der Waals surface area contributed by atoms with E-state index in [0.717, 1.165) is 39.1 Å². The van der Waals surface area contributed by atoms with Gasteiger partial charge < -0.3 is 54.9 Å². The maximum absolute atomic E-state index is 14.5. The number of esters is 1. The van der Waals surface area contributed by atoms with E-state index in [1.807, 2.05) is 5.01 Å². The van der Waals surface area contributed by atoms with Gasteiger partial charge in [-0.15, -0.1) is 0 Å². The van der Waals surface area contributed by atoms with Gasteiger partial charge in [-0.05, 0) is 39.7 Å². The third kappa shape index (κ3) is 9.18. The van der Waals surface area contributed by atoms with Gasteiger partial charge in [-0.3, -0.25) is 24.3 Å². The molecule has 17 heteroatoms. The van der Waals surface area contributed by atoms with E-state index >= 15 is 0 Å². The molecule has 1 amide bonds. The van der Waals surface area contributed by atoms with Gasteiger partial charge in [-0.1, -0.05) is 51.8 Å². The molecule has 1 saturated heterocycles. The van der Waals surface area contributed by atoms with Crippen molar-refractivity contribution < 1.29 is 64.0 Å². The maximum atomic E-state index is 14.5. The van der Waals surface area contributed by atoms with Gasteiger partial charge in [-0.2, -0.15) is 5.10 Å². The Morgan fingerprint density at radius 3 is 2.22 bits per heavy atom. The Balaban J connectivity index is 1.49. The fraction of sp³-hybridized carbons (Fsp3) is 0.574. The fourth-order valence-electron chi connectivity index (χ4n) is 9.52. The molecule has 7 rings (SSSR count). The largest absolute Gasteiger partial charge is 0.507 e. The van der Waals surface area contributed by atoms with Crippen LogP contribution in [-0.4, -0.2) is 140 Å². The molecule has 0 spiro atoms. The molecule has 5 bridgehead atoms. The average Bonchev–Trinajstić information content (AvgIpc) is 3.89. The molecule has 350 valence electrons. The first-order chi connectivity index (χ1) is 30.1. The van der Waals surface area contributed by atoms with Crippen LogP contribution < -0.4 is 10.1 Å². The molecule has 4 heterocycles. The van der Waals surface area contributed by atoms with Gasteiger partial charge in [0.15, 0.2) is 5.75 Å². The number of allylic oxidation sites excluding steroid dienone is 2. The number of fused-ring (bicyclic) bond motifs is 14. The molecule has 2 aromatic rings. The number of nitrogens with zero attached hydrogens (tertiary/aromatic N) is 3. The number of rotatable bonds is 5. The first-order valence-electron chi connectivity index (χ1n) is 22.0. The molecule has 1 unspecified atom stereocenters.